The predicted octanol–water partition coefficient (Wildman–Crippen LogP) is 4.94. The molecule has 0 aromatic heterocycles. The van der Waals surface area contributed by atoms with Gasteiger partial charge in [-0.1, -0.05) is 42.1 Å². The van der Waals surface area contributed by atoms with Crippen molar-refractivity contribution in [1.29, 1.82) is 0 Å². The van der Waals surface area contributed by atoms with E-state index in [1.54, 1.807) is 7.11 Å². The van der Waals surface area contributed by atoms with Gasteiger partial charge in [0.05, 0.1) is 18.9 Å². The number of carbonyl (C=O) groups is 2. The van der Waals surface area contributed by atoms with Gasteiger partial charge in [0, 0.05) is 38.3 Å². The number of carbonyl (C=O) groups excluding carboxylic acids is 2. The summed E-state index contributed by atoms with van der Waals surface area (Å²) < 4.78 is 5.30. The van der Waals surface area contributed by atoms with Crippen molar-refractivity contribution in [2.45, 2.75) is 24.1 Å². The lowest BCUT2D eigenvalue weighted by Crippen LogP contribution is -2.25. The summed E-state index contributed by atoms with van der Waals surface area (Å²) >= 11 is 1.29. The van der Waals surface area contributed by atoms with Crippen LogP contribution in [0.15, 0.2) is 89.0 Å². The SMILES string of the molecule is COc1ccc(C2=NN(C3=NC(=O)C(CC(=O)Nc4ccccc4)S3)C(c3ccc(N(C)C)cc3)C2)cc1. The quantitative estimate of drug-likeness (QED) is 0.469. The Bertz CT molecular complexity index is 1370. The van der Waals surface area contributed by atoms with Gasteiger partial charge < -0.3 is 15.0 Å². The van der Waals surface area contributed by atoms with E-state index in [1.165, 1.54) is 11.8 Å². The molecule has 0 bridgehead atoms. The van der Waals surface area contributed by atoms with Crippen LogP contribution in [0.4, 0.5) is 11.4 Å². The Kier molecular flexibility index (Phi) is 7.46. The second-order valence-electron chi connectivity index (χ2n) is 9.28. The lowest BCUT2D eigenvalue weighted by atomic mass is 9.98. The van der Waals surface area contributed by atoms with Crippen LogP contribution in [0.5, 0.6) is 5.75 Å². The lowest BCUT2D eigenvalue weighted by Gasteiger charge is -2.24. The number of hydrogen-bond acceptors (Lipinski definition) is 7. The van der Waals surface area contributed by atoms with E-state index in [9.17, 15) is 9.59 Å². The highest BCUT2D eigenvalue weighted by Crippen LogP contribution is 2.39. The molecule has 2 amide bonds. The fourth-order valence-electron chi connectivity index (χ4n) is 4.41. The number of anilines is 2. The van der Waals surface area contributed by atoms with Gasteiger partial charge in [-0.25, -0.2) is 5.01 Å². The topological polar surface area (TPSA) is 86.6 Å². The minimum atomic E-state index is -0.592. The molecule has 0 saturated heterocycles. The predicted molar refractivity (Wildman–Crippen MR) is 153 cm³/mol. The van der Waals surface area contributed by atoms with E-state index < -0.39 is 5.25 Å². The number of amides is 2. The maximum absolute atomic E-state index is 12.8. The van der Waals surface area contributed by atoms with Gasteiger partial charge in [-0.05, 0) is 59.7 Å². The number of nitrogens with zero attached hydrogens (tertiary/aromatic N) is 4. The number of rotatable bonds is 7. The minimum absolute atomic E-state index is 0.0382. The van der Waals surface area contributed by atoms with Gasteiger partial charge in [0.25, 0.3) is 5.91 Å². The van der Waals surface area contributed by atoms with Crippen molar-refractivity contribution in [1.82, 2.24) is 5.01 Å². The third kappa shape index (κ3) is 5.57. The first kappa shape index (κ1) is 25.5. The van der Waals surface area contributed by atoms with E-state index in [0.717, 1.165) is 28.3 Å². The van der Waals surface area contributed by atoms with Gasteiger partial charge in [-0.15, -0.1) is 0 Å². The van der Waals surface area contributed by atoms with Gasteiger partial charge in [0.1, 0.15) is 11.0 Å². The van der Waals surface area contributed by atoms with Crippen LogP contribution < -0.4 is 15.0 Å². The number of methoxy groups -OCH3 is 1. The Morgan fingerprint density at radius 1 is 1.05 bits per heavy atom. The first-order valence-corrected chi connectivity index (χ1v) is 13.2. The van der Waals surface area contributed by atoms with Crippen molar-refractivity contribution in [2.24, 2.45) is 10.1 Å². The van der Waals surface area contributed by atoms with E-state index in [2.05, 4.69) is 39.5 Å². The molecular formula is C29H29N5O3S. The molecule has 0 radical (unpaired) electrons. The summed E-state index contributed by atoms with van der Waals surface area (Å²) in [4.78, 5) is 31.8. The van der Waals surface area contributed by atoms with Gasteiger partial charge in [0.2, 0.25) is 5.91 Å². The molecule has 2 aliphatic rings. The van der Waals surface area contributed by atoms with E-state index in [-0.39, 0.29) is 24.3 Å². The number of ether oxygens (including phenoxy) is 1. The van der Waals surface area contributed by atoms with Gasteiger partial charge in [-0.3, -0.25) is 9.59 Å². The molecule has 8 nitrogen and oxygen atoms in total. The van der Waals surface area contributed by atoms with Gasteiger partial charge in [0.15, 0.2) is 5.17 Å². The molecule has 194 valence electrons. The van der Waals surface area contributed by atoms with Crippen LogP contribution in [0.2, 0.25) is 0 Å². The molecule has 0 fully saturated rings. The summed E-state index contributed by atoms with van der Waals surface area (Å²) in [5.41, 5.74) is 4.75. The van der Waals surface area contributed by atoms with Crippen molar-refractivity contribution in [3.8, 4) is 5.75 Å². The highest BCUT2D eigenvalue weighted by Gasteiger charge is 2.39. The Morgan fingerprint density at radius 3 is 2.42 bits per heavy atom. The molecule has 2 atom stereocenters. The third-order valence-corrected chi connectivity index (χ3v) is 7.62. The van der Waals surface area contributed by atoms with E-state index >= 15 is 0 Å². The Morgan fingerprint density at radius 2 is 1.76 bits per heavy atom. The Balaban J connectivity index is 1.37. The first-order chi connectivity index (χ1) is 18.4. The van der Waals surface area contributed by atoms with Crippen LogP contribution in [0.25, 0.3) is 0 Å². The summed E-state index contributed by atoms with van der Waals surface area (Å²) in [6.45, 7) is 0. The molecule has 5 rings (SSSR count). The molecular weight excluding hydrogens is 498 g/mol. The molecule has 0 spiro atoms. The van der Waals surface area contributed by atoms with Crippen molar-refractivity contribution in [3.05, 3.63) is 90.0 Å². The highest BCUT2D eigenvalue weighted by atomic mass is 32.2. The number of amidine groups is 1. The molecule has 3 aromatic rings. The summed E-state index contributed by atoms with van der Waals surface area (Å²) in [6, 6.07) is 25.2. The number of hydrogen-bond donors (Lipinski definition) is 1. The third-order valence-electron chi connectivity index (χ3n) is 6.48. The molecule has 9 heteroatoms. The molecule has 38 heavy (non-hydrogen) atoms. The molecule has 0 aliphatic carbocycles. The summed E-state index contributed by atoms with van der Waals surface area (Å²) in [5.74, 6) is 0.235. The van der Waals surface area contributed by atoms with Crippen molar-refractivity contribution in [3.63, 3.8) is 0 Å². The summed E-state index contributed by atoms with van der Waals surface area (Å²) in [6.07, 6.45) is 0.692. The molecule has 0 saturated carbocycles. The standard InChI is InChI=1S/C29H29N5O3S/c1-33(2)22-13-9-20(10-14-22)25-17-24(19-11-15-23(37-3)16-12-19)32-34(25)29-31-28(36)26(38-29)18-27(35)30-21-7-5-4-6-8-21/h4-16,25-26H,17-18H2,1-3H3,(H,30,35). The van der Waals surface area contributed by atoms with Crippen molar-refractivity contribution in [2.75, 3.05) is 31.4 Å². The van der Waals surface area contributed by atoms with Crippen LogP contribution in [0, 0.1) is 0 Å². The van der Waals surface area contributed by atoms with Crippen LogP contribution >= 0.6 is 11.8 Å². The van der Waals surface area contributed by atoms with E-state index in [4.69, 9.17) is 9.84 Å². The first-order valence-electron chi connectivity index (χ1n) is 12.3. The second kappa shape index (κ2) is 11.1. The van der Waals surface area contributed by atoms with Crippen LogP contribution in [-0.2, 0) is 9.59 Å². The maximum Gasteiger partial charge on any atom is 0.262 e. The zero-order valence-electron chi connectivity index (χ0n) is 21.5. The molecule has 3 aromatic carbocycles. The van der Waals surface area contributed by atoms with Crippen LogP contribution in [-0.4, -0.2) is 54.2 Å². The fraction of sp³-hybridized carbons (Fsp3) is 0.241. The maximum atomic E-state index is 12.8. The average molecular weight is 528 g/mol. The smallest absolute Gasteiger partial charge is 0.262 e. The molecule has 1 N–H and O–H groups in total. The van der Waals surface area contributed by atoms with Crippen molar-refractivity contribution < 1.29 is 14.3 Å². The number of nitrogens with one attached hydrogen (secondary N) is 1. The van der Waals surface area contributed by atoms with Gasteiger partial charge in [-0.2, -0.15) is 10.1 Å². The summed E-state index contributed by atoms with van der Waals surface area (Å²) in [5, 5.41) is 9.53. The number of hydrazone groups is 1. The zero-order valence-corrected chi connectivity index (χ0v) is 22.3. The number of benzene rings is 3. The molecule has 2 unspecified atom stereocenters. The number of para-hydroxylation sites is 1. The lowest BCUT2D eigenvalue weighted by molar-refractivity contribution is -0.121. The molecule has 2 heterocycles. The van der Waals surface area contributed by atoms with Crippen LogP contribution in [0.1, 0.15) is 30.0 Å². The van der Waals surface area contributed by atoms with E-state index in [1.807, 2.05) is 73.7 Å². The second-order valence-corrected chi connectivity index (χ2v) is 10.5. The van der Waals surface area contributed by atoms with E-state index in [0.29, 0.717) is 17.3 Å². The zero-order chi connectivity index (χ0) is 26.6. The monoisotopic (exact) mass is 527 g/mol. The largest absolute Gasteiger partial charge is 0.497 e. The normalized spacial score (nSPS) is 18.7. The van der Waals surface area contributed by atoms with Crippen molar-refractivity contribution >= 4 is 45.8 Å². The minimum Gasteiger partial charge on any atom is -0.497 e. The fourth-order valence-corrected chi connectivity index (χ4v) is 5.47. The average Bonchev–Trinajstić information content (AvgIpc) is 3.53. The Labute approximate surface area is 226 Å². The molecule has 2 aliphatic heterocycles. The Hall–Kier alpha value is -4.11. The highest BCUT2D eigenvalue weighted by molar-refractivity contribution is 8.15. The van der Waals surface area contributed by atoms with Crippen LogP contribution in [0.3, 0.4) is 0 Å². The number of thioether (sulfide) groups is 1. The number of aliphatic imine (C=N–C) groups is 1. The van der Waals surface area contributed by atoms with Gasteiger partial charge >= 0.3 is 0 Å². The summed E-state index contributed by atoms with van der Waals surface area (Å²) in [7, 11) is 5.65.